The van der Waals surface area contributed by atoms with Crippen LogP contribution in [0.25, 0.3) is 0 Å². The van der Waals surface area contributed by atoms with Gasteiger partial charge in [0.05, 0.1) is 0 Å². The van der Waals surface area contributed by atoms with Crippen LogP contribution in [0, 0.1) is 5.82 Å². The summed E-state index contributed by atoms with van der Waals surface area (Å²) in [5.41, 5.74) is 1.80. The fourth-order valence-electron chi connectivity index (χ4n) is 1.56. The Morgan fingerprint density at radius 1 is 1.38 bits per heavy atom. The van der Waals surface area contributed by atoms with Gasteiger partial charge in [-0.3, -0.25) is 0 Å². The van der Waals surface area contributed by atoms with E-state index in [9.17, 15) is 4.39 Å². The summed E-state index contributed by atoms with van der Waals surface area (Å²) in [7, 11) is 0. The third kappa shape index (κ3) is 1.82. The Morgan fingerprint density at radius 2 is 2.08 bits per heavy atom. The van der Waals surface area contributed by atoms with Crippen LogP contribution in [0.5, 0.6) is 0 Å². The van der Waals surface area contributed by atoms with E-state index in [0.29, 0.717) is 5.92 Å². The van der Waals surface area contributed by atoms with E-state index in [0.717, 1.165) is 17.8 Å². The van der Waals surface area contributed by atoms with Gasteiger partial charge in [0, 0.05) is 23.7 Å². The molecule has 1 aromatic carbocycles. The number of benzene rings is 1. The molecule has 1 heterocycles. The first-order chi connectivity index (χ1) is 6.29. The van der Waals surface area contributed by atoms with E-state index < -0.39 is 0 Å². The number of anilines is 1. The lowest BCUT2D eigenvalue weighted by molar-refractivity contribution is 0.603. The second-order valence-electron chi connectivity index (χ2n) is 2.98. The highest BCUT2D eigenvalue weighted by Crippen LogP contribution is 2.32. The van der Waals surface area contributed by atoms with Gasteiger partial charge in [-0.15, -0.1) is 0 Å². The molecular weight excluding hydrogens is 165 g/mol. The predicted molar refractivity (Wildman–Crippen MR) is 54.7 cm³/mol. The van der Waals surface area contributed by atoms with Crippen molar-refractivity contribution in [2.75, 3.05) is 11.9 Å². The molecular formula is C11H16FN. The van der Waals surface area contributed by atoms with Crippen LogP contribution in [0.4, 0.5) is 10.1 Å². The molecule has 1 N–H and O–H groups in total. The summed E-state index contributed by atoms with van der Waals surface area (Å²) in [5, 5.41) is 3.15. The average Bonchev–Trinajstić information content (AvgIpc) is 2.53. The molecule has 1 unspecified atom stereocenters. The molecule has 0 amide bonds. The zero-order chi connectivity index (χ0) is 9.84. The molecule has 0 aliphatic carbocycles. The zero-order valence-corrected chi connectivity index (χ0v) is 8.39. The Labute approximate surface area is 79.0 Å². The Kier molecular flexibility index (Phi) is 3.29. The van der Waals surface area contributed by atoms with Crippen molar-refractivity contribution in [3.8, 4) is 0 Å². The van der Waals surface area contributed by atoms with Crippen LogP contribution in [0.1, 0.15) is 32.3 Å². The number of hydrogen-bond acceptors (Lipinski definition) is 1. The van der Waals surface area contributed by atoms with E-state index in [-0.39, 0.29) is 5.82 Å². The molecule has 0 radical (unpaired) electrons. The summed E-state index contributed by atoms with van der Waals surface area (Å²) >= 11 is 0. The quantitative estimate of drug-likeness (QED) is 0.647. The van der Waals surface area contributed by atoms with E-state index in [1.165, 1.54) is 6.07 Å². The number of halogens is 1. The van der Waals surface area contributed by atoms with E-state index >= 15 is 0 Å². The van der Waals surface area contributed by atoms with Gasteiger partial charge in [0.15, 0.2) is 0 Å². The molecule has 2 heteroatoms. The van der Waals surface area contributed by atoms with Crippen LogP contribution in [-0.4, -0.2) is 6.54 Å². The molecule has 1 nitrogen and oxygen atoms in total. The predicted octanol–water partition coefficient (Wildman–Crippen LogP) is 3.38. The van der Waals surface area contributed by atoms with Crippen LogP contribution in [0.3, 0.4) is 0 Å². The van der Waals surface area contributed by atoms with Gasteiger partial charge in [0.25, 0.3) is 0 Å². The minimum absolute atomic E-state index is 0.0833. The minimum atomic E-state index is -0.0833. The van der Waals surface area contributed by atoms with E-state index in [2.05, 4.69) is 5.32 Å². The van der Waals surface area contributed by atoms with Gasteiger partial charge < -0.3 is 5.32 Å². The largest absolute Gasteiger partial charge is 0.384 e. The molecule has 0 spiro atoms. The summed E-state index contributed by atoms with van der Waals surface area (Å²) in [6, 6.07) is 5.17. The third-order valence-corrected chi connectivity index (χ3v) is 2.14. The van der Waals surface area contributed by atoms with Crippen LogP contribution in [-0.2, 0) is 0 Å². The molecule has 0 bridgehead atoms. The topological polar surface area (TPSA) is 12.0 Å². The fourth-order valence-corrected chi connectivity index (χ4v) is 1.56. The van der Waals surface area contributed by atoms with Crippen LogP contribution < -0.4 is 5.32 Å². The van der Waals surface area contributed by atoms with Crippen LogP contribution in [0.15, 0.2) is 18.2 Å². The summed E-state index contributed by atoms with van der Waals surface area (Å²) in [4.78, 5) is 0. The van der Waals surface area contributed by atoms with Gasteiger partial charge >= 0.3 is 0 Å². The van der Waals surface area contributed by atoms with E-state index in [1.807, 2.05) is 26.8 Å². The highest BCUT2D eigenvalue weighted by atomic mass is 19.1. The minimum Gasteiger partial charge on any atom is -0.384 e. The summed E-state index contributed by atoms with van der Waals surface area (Å²) < 4.78 is 13.1. The lowest BCUT2D eigenvalue weighted by Gasteiger charge is -2.02. The molecule has 0 aromatic heterocycles. The Bertz CT molecular complexity index is 283. The first-order valence-electron chi connectivity index (χ1n) is 4.81. The van der Waals surface area contributed by atoms with Gasteiger partial charge in [0.1, 0.15) is 5.82 Å². The summed E-state index contributed by atoms with van der Waals surface area (Å²) in [6.07, 6.45) is 0. The van der Waals surface area contributed by atoms with Gasteiger partial charge in [0.2, 0.25) is 0 Å². The van der Waals surface area contributed by atoms with Gasteiger partial charge in [-0.05, 0) is 12.1 Å². The van der Waals surface area contributed by atoms with Crippen molar-refractivity contribution in [2.45, 2.75) is 26.7 Å². The molecule has 0 fully saturated rings. The van der Waals surface area contributed by atoms with E-state index in [1.54, 1.807) is 6.07 Å². The summed E-state index contributed by atoms with van der Waals surface area (Å²) in [5.74, 6) is 0.228. The van der Waals surface area contributed by atoms with Gasteiger partial charge in [-0.1, -0.05) is 26.8 Å². The lowest BCUT2D eigenvalue weighted by Crippen LogP contribution is -1.96. The van der Waals surface area contributed by atoms with Crippen molar-refractivity contribution in [1.82, 2.24) is 0 Å². The van der Waals surface area contributed by atoms with Crippen molar-refractivity contribution in [3.05, 3.63) is 29.6 Å². The first-order valence-corrected chi connectivity index (χ1v) is 4.81. The lowest BCUT2D eigenvalue weighted by atomic mass is 10.0. The normalized spacial score (nSPS) is 18.3. The smallest absolute Gasteiger partial charge is 0.128 e. The molecule has 2 rings (SSSR count). The first kappa shape index (κ1) is 10.0. The number of rotatable bonds is 0. The molecule has 13 heavy (non-hydrogen) atoms. The van der Waals surface area contributed by atoms with Crippen molar-refractivity contribution >= 4 is 5.69 Å². The Balaban J connectivity index is 0.000000396. The standard InChI is InChI=1S/C9H10FN.C2H6/c1-6-5-11-8-4-2-3-7(10)9(6)8;1-2/h2-4,6,11H,5H2,1H3;1-2H3. The average molecular weight is 181 g/mol. The molecule has 0 saturated heterocycles. The molecule has 1 aromatic rings. The van der Waals surface area contributed by atoms with Crippen molar-refractivity contribution in [2.24, 2.45) is 0 Å². The number of fused-ring (bicyclic) bond motifs is 1. The molecule has 1 aliphatic heterocycles. The number of hydrogen-bond donors (Lipinski definition) is 1. The second-order valence-corrected chi connectivity index (χ2v) is 2.98. The fraction of sp³-hybridized carbons (Fsp3) is 0.455. The van der Waals surface area contributed by atoms with Gasteiger partial charge in [-0.25, -0.2) is 4.39 Å². The maximum absolute atomic E-state index is 13.1. The van der Waals surface area contributed by atoms with Crippen molar-refractivity contribution in [3.63, 3.8) is 0 Å². The maximum Gasteiger partial charge on any atom is 0.128 e. The summed E-state index contributed by atoms with van der Waals surface area (Å²) in [6.45, 7) is 6.89. The zero-order valence-electron chi connectivity index (χ0n) is 8.39. The van der Waals surface area contributed by atoms with Crippen LogP contribution in [0.2, 0.25) is 0 Å². The highest BCUT2D eigenvalue weighted by molar-refractivity contribution is 5.57. The molecule has 72 valence electrons. The Morgan fingerprint density at radius 3 is 2.69 bits per heavy atom. The van der Waals surface area contributed by atoms with Crippen LogP contribution >= 0.6 is 0 Å². The van der Waals surface area contributed by atoms with Gasteiger partial charge in [-0.2, -0.15) is 0 Å². The second kappa shape index (κ2) is 4.26. The molecule has 1 aliphatic rings. The monoisotopic (exact) mass is 181 g/mol. The molecule has 0 saturated carbocycles. The Hall–Kier alpha value is -1.05. The van der Waals surface area contributed by atoms with E-state index in [4.69, 9.17) is 0 Å². The maximum atomic E-state index is 13.1. The molecule has 1 atom stereocenters. The SMILES string of the molecule is CC.CC1CNc2cccc(F)c21. The highest BCUT2D eigenvalue weighted by Gasteiger charge is 2.20. The number of nitrogens with one attached hydrogen (secondary N) is 1. The van der Waals surface area contributed by atoms with Crippen molar-refractivity contribution in [1.29, 1.82) is 0 Å². The third-order valence-electron chi connectivity index (χ3n) is 2.14. The van der Waals surface area contributed by atoms with Crippen molar-refractivity contribution < 1.29 is 4.39 Å².